The molecule has 0 aliphatic carbocycles. The average Bonchev–Trinajstić information content (AvgIpc) is 2.14. The minimum atomic E-state index is -0.604. The Kier molecular flexibility index (Phi) is 3.59. The van der Waals surface area contributed by atoms with Crippen LogP contribution in [0.4, 0.5) is 5.69 Å². The predicted molar refractivity (Wildman–Crippen MR) is 55.6 cm³/mol. The Balaban J connectivity index is 3.02. The highest BCUT2D eigenvalue weighted by Gasteiger charge is 2.12. The van der Waals surface area contributed by atoms with Crippen LogP contribution in [0.3, 0.4) is 0 Å². The van der Waals surface area contributed by atoms with Crippen molar-refractivity contribution in [2.75, 3.05) is 18.2 Å². The fourth-order valence-corrected chi connectivity index (χ4v) is 1.16. The third kappa shape index (κ3) is 2.29. The molecular formula is C9H11ClN2O2. The summed E-state index contributed by atoms with van der Waals surface area (Å²) in [5.41, 5.74) is 11.3. The molecule has 0 aliphatic rings. The van der Waals surface area contributed by atoms with Crippen LogP contribution in [0.15, 0.2) is 18.2 Å². The molecule has 0 saturated carbocycles. The first-order valence-electron chi connectivity index (χ1n) is 4.04. The van der Waals surface area contributed by atoms with Crippen molar-refractivity contribution in [1.82, 2.24) is 0 Å². The number of amides is 1. The SMILES string of the molecule is NC(=O)c1c(N)cccc1OCCCl. The maximum absolute atomic E-state index is 11.0. The van der Waals surface area contributed by atoms with E-state index in [9.17, 15) is 4.79 Å². The van der Waals surface area contributed by atoms with Gasteiger partial charge in [-0.3, -0.25) is 4.79 Å². The molecule has 76 valence electrons. The van der Waals surface area contributed by atoms with Gasteiger partial charge in [0.1, 0.15) is 17.9 Å². The highest BCUT2D eigenvalue weighted by atomic mass is 35.5. The Labute approximate surface area is 86.8 Å². The van der Waals surface area contributed by atoms with Gasteiger partial charge < -0.3 is 16.2 Å². The molecule has 1 rings (SSSR count). The molecule has 4 nitrogen and oxygen atoms in total. The number of hydrogen-bond acceptors (Lipinski definition) is 3. The summed E-state index contributed by atoms with van der Waals surface area (Å²) in [5, 5.41) is 0. The second-order valence-electron chi connectivity index (χ2n) is 2.62. The van der Waals surface area contributed by atoms with E-state index in [1.54, 1.807) is 18.2 Å². The number of halogens is 1. The van der Waals surface area contributed by atoms with Crippen LogP contribution in [0.25, 0.3) is 0 Å². The highest BCUT2D eigenvalue weighted by Crippen LogP contribution is 2.23. The number of alkyl halides is 1. The molecule has 14 heavy (non-hydrogen) atoms. The maximum Gasteiger partial charge on any atom is 0.254 e. The van der Waals surface area contributed by atoms with Crippen LogP contribution >= 0.6 is 11.6 Å². The molecule has 1 amide bonds. The van der Waals surface area contributed by atoms with Gasteiger partial charge in [-0.2, -0.15) is 0 Å². The number of primary amides is 1. The number of rotatable bonds is 4. The number of ether oxygens (including phenoxy) is 1. The lowest BCUT2D eigenvalue weighted by Crippen LogP contribution is -2.15. The molecule has 0 aromatic heterocycles. The molecule has 0 radical (unpaired) electrons. The van der Waals surface area contributed by atoms with Gasteiger partial charge in [0.05, 0.1) is 5.88 Å². The molecule has 1 aromatic rings. The highest BCUT2D eigenvalue weighted by molar-refractivity contribution is 6.18. The van der Waals surface area contributed by atoms with Crippen LogP contribution in [0.1, 0.15) is 10.4 Å². The van der Waals surface area contributed by atoms with Crippen molar-refractivity contribution < 1.29 is 9.53 Å². The zero-order valence-corrected chi connectivity index (χ0v) is 8.25. The van der Waals surface area contributed by atoms with Crippen LogP contribution < -0.4 is 16.2 Å². The molecule has 0 unspecified atom stereocenters. The van der Waals surface area contributed by atoms with E-state index in [1.165, 1.54) is 0 Å². The number of anilines is 1. The van der Waals surface area contributed by atoms with Gasteiger partial charge in [-0.25, -0.2) is 0 Å². The van der Waals surface area contributed by atoms with Gasteiger partial charge in [-0.1, -0.05) is 6.07 Å². The molecule has 0 saturated heterocycles. The Bertz CT molecular complexity index is 342. The summed E-state index contributed by atoms with van der Waals surface area (Å²) in [6, 6.07) is 4.90. The fourth-order valence-electron chi connectivity index (χ4n) is 1.08. The van der Waals surface area contributed by atoms with Crippen molar-refractivity contribution in [2.45, 2.75) is 0 Å². The second kappa shape index (κ2) is 4.72. The minimum Gasteiger partial charge on any atom is -0.491 e. The smallest absolute Gasteiger partial charge is 0.254 e. The molecule has 5 heteroatoms. The first-order valence-corrected chi connectivity index (χ1v) is 4.57. The third-order valence-corrected chi connectivity index (χ3v) is 1.79. The topological polar surface area (TPSA) is 78.3 Å². The van der Waals surface area contributed by atoms with E-state index in [2.05, 4.69) is 0 Å². The molecule has 0 atom stereocenters. The summed E-state index contributed by atoms with van der Waals surface area (Å²) in [6.07, 6.45) is 0. The van der Waals surface area contributed by atoms with Crippen LogP contribution in [-0.4, -0.2) is 18.4 Å². The predicted octanol–water partition coefficient (Wildman–Crippen LogP) is 0.985. The summed E-state index contributed by atoms with van der Waals surface area (Å²) in [5.74, 6) is 0.110. The van der Waals surface area contributed by atoms with Crippen molar-refractivity contribution in [3.8, 4) is 5.75 Å². The quantitative estimate of drug-likeness (QED) is 0.580. The molecule has 0 spiro atoms. The average molecular weight is 215 g/mol. The third-order valence-electron chi connectivity index (χ3n) is 1.64. The van der Waals surface area contributed by atoms with E-state index >= 15 is 0 Å². The minimum absolute atomic E-state index is 0.206. The number of nitrogen functional groups attached to an aromatic ring is 1. The monoisotopic (exact) mass is 214 g/mol. The molecule has 0 heterocycles. The lowest BCUT2D eigenvalue weighted by molar-refractivity contribution is 0.0997. The normalized spacial score (nSPS) is 9.79. The molecule has 0 fully saturated rings. The summed E-state index contributed by atoms with van der Waals surface area (Å²) >= 11 is 5.45. The van der Waals surface area contributed by atoms with E-state index in [-0.39, 0.29) is 5.56 Å². The zero-order chi connectivity index (χ0) is 10.6. The Morgan fingerprint density at radius 1 is 1.50 bits per heavy atom. The van der Waals surface area contributed by atoms with E-state index in [0.717, 1.165) is 0 Å². The Morgan fingerprint density at radius 3 is 2.79 bits per heavy atom. The van der Waals surface area contributed by atoms with Gasteiger partial charge in [0.25, 0.3) is 5.91 Å². The Hall–Kier alpha value is -1.42. The van der Waals surface area contributed by atoms with Crippen molar-refractivity contribution in [3.63, 3.8) is 0 Å². The van der Waals surface area contributed by atoms with Gasteiger partial charge in [0.15, 0.2) is 0 Å². The van der Waals surface area contributed by atoms with Gasteiger partial charge >= 0.3 is 0 Å². The summed E-state index contributed by atoms with van der Waals surface area (Å²) in [6.45, 7) is 0.311. The van der Waals surface area contributed by atoms with E-state index in [4.69, 9.17) is 27.8 Å². The van der Waals surface area contributed by atoms with Crippen LogP contribution in [-0.2, 0) is 0 Å². The van der Waals surface area contributed by atoms with Gasteiger partial charge in [-0.15, -0.1) is 11.6 Å². The fraction of sp³-hybridized carbons (Fsp3) is 0.222. The molecule has 1 aromatic carbocycles. The van der Waals surface area contributed by atoms with E-state index in [1.807, 2.05) is 0 Å². The summed E-state index contributed by atoms with van der Waals surface area (Å²) in [7, 11) is 0. The number of hydrogen-bond donors (Lipinski definition) is 2. The van der Waals surface area contributed by atoms with Gasteiger partial charge in [0.2, 0.25) is 0 Å². The van der Waals surface area contributed by atoms with Crippen molar-refractivity contribution >= 4 is 23.2 Å². The van der Waals surface area contributed by atoms with Gasteiger partial charge in [-0.05, 0) is 12.1 Å². The van der Waals surface area contributed by atoms with E-state index in [0.29, 0.717) is 23.9 Å². The first-order chi connectivity index (χ1) is 6.66. The number of carbonyl (C=O) groups is 1. The maximum atomic E-state index is 11.0. The molecule has 0 bridgehead atoms. The number of benzene rings is 1. The molecular weight excluding hydrogens is 204 g/mol. The summed E-state index contributed by atoms with van der Waals surface area (Å²) < 4.78 is 5.22. The van der Waals surface area contributed by atoms with E-state index < -0.39 is 5.91 Å². The standard InChI is InChI=1S/C9H11ClN2O2/c10-4-5-14-7-3-1-2-6(11)8(7)9(12)13/h1-3H,4-5,11H2,(H2,12,13). The number of carbonyl (C=O) groups excluding carboxylic acids is 1. The van der Waals surface area contributed by atoms with Crippen LogP contribution in [0, 0.1) is 0 Å². The lowest BCUT2D eigenvalue weighted by atomic mass is 10.1. The Morgan fingerprint density at radius 2 is 2.21 bits per heavy atom. The number of nitrogens with two attached hydrogens (primary N) is 2. The molecule has 0 aliphatic heterocycles. The summed E-state index contributed by atoms with van der Waals surface area (Å²) in [4.78, 5) is 11.0. The second-order valence-corrected chi connectivity index (χ2v) is 3.00. The van der Waals surface area contributed by atoms with Crippen molar-refractivity contribution in [3.05, 3.63) is 23.8 Å². The zero-order valence-electron chi connectivity index (χ0n) is 7.50. The largest absolute Gasteiger partial charge is 0.491 e. The first kappa shape index (κ1) is 10.7. The van der Waals surface area contributed by atoms with Crippen molar-refractivity contribution in [1.29, 1.82) is 0 Å². The van der Waals surface area contributed by atoms with Crippen molar-refractivity contribution in [2.24, 2.45) is 5.73 Å². The van der Waals surface area contributed by atoms with Gasteiger partial charge in [0, 0.05) is 5.69 Å². The molecule has 4 N–H and O–H groups in total. The van der Waals surface area contributed by atoms with Crippen LogP contribution in [0.2, 0.25) is 0 Å². The lowest BCUT2D eigenvalue weighted by Gasteiger charge is -2.09. The van der Waals surface area contributed by atoms with Crippen LogP contribution in [0.5, 0.6) is 5.75 Å².